The summed E-state index contributed by atoms with van der Waals surface area (Å²) in [6, 6.07) is 11.9. The standard InChI is InChI=1S/C21H25N3O4/c1-4-28-20(25)18-11-22-21(26)23-19(18)13-24(2)12-14-5-6-16-10-17(27-3)8-7-15(16)9-14/h5-10H,4,11-13H2,1-3H3,(H2,22,23,26). The molecule has 0 saturated carbocycles. The van der Waals surface area contributed by atoms with Gasteiger partial charge in [0.25, 0.3) is 0 Å². The summed E-state index contributed by atoms with van der Waals surface area (Å²) in [5, 5.41) is 7.60. The van der Waals surface area contributed by atoms with Gasteiger partial charge in [-0.05, 0) is 48.5 Å². The molecule has 2 amide bonds. The van der Waals surface area contributed by atoms with Crippen LogP contribution in [-0.4, -0.2) is 50.8 Å². The molecule has 0 radical (unpaired) electrons. The molecule has 148 valence electrons. The molecule has 0 aliphatic carbocycles. The molecule has 7 nitrogen and oxygen atoms in total. The van der Waals surface area contributed by atoms with Gasteiger partial charge in [0.1, 0.15) is 5.75 Å². The molecule has 1 aliphatic rings. The highest BCUT2D eigenvalue weighted by atomic mass is 16.5. The van der Waals surface area contributed by atoms with Crippen LogP contribution in [-0.2, 0) is 16.1 Å². The van der Waals surface area contributed by atoms with Crippen molar-refractivity contribution in [2.75, 3.05) is 33.9 Å². The van der Waals surface area contributed by atoms with Gasteiger partial charge >= 0.3 is 12.0 Å². The molecule has 0 aromatic heterocycles. The molecule has 7 heteroatoms. The molecule has 3 rings (SSSR count). The molecular weight excluding hydrogens is 358 g/mol. The minimum absolute atomic E-state index is 0.172. The molecule has 0 fully saturated rings. The van der Waals surface area contributed by atoms with Crippen LogP contribution < -0.4 is 15.4 Å². The van der Waals surface area contributed by atoms with E-state index in [4.69, 9.17) is 9.47 Å². The summed E-state index contributed by atoms with van der Waals surface area (Å²) in [5.41, 5.74) is 2.17. The third-order valence-electron chi connectivity index (χ3n) is 4.57. The van der Waals surface area contributed by atoms with Crippen molar-refractivity contribution in [1.29, 1.82) is 0 Å². The minimum atomic E-state index is -0.405. The average Bonchev–Trinajstić information content (AvgIpc) is 2.67. The number of hydrogen-bond acceptors (Lipinski definition) is 5. The number of methoxy groups -OCH3 is 1. The van der Waals surface area contributed by atoms with Crippen LogP contribution in [0.25, 0.3) is 10.8 Å². The predicted octanol–water partition coefficient (Wildman–Crippen LogP) is 2.41. The summed E-state index contributed by atoms with van der Waals surface area (Å²) < 4.78 is 10.4. The van der Waals surface area contributed by atoms with Crippen molar-refractivity contribution in [1.82, 2.24) is 15.5 Å². The van der Waals surface area contributed by atoms with Crippen LogP contribution in [0, 0.1) is 0 Å². The fourth-order valence-electron chi connectivity index (χ4n) is 3.22. The van der Waals surface area contributed by atoms with Crippen molar-refractivity contribution < 1.29 is 19.1 Å². The Bertz CT molecular complexity index is 923. The maximum absolute atomic E-state index is 12.2. The van der Waals surface area contributed by atoms with Crippen LogP contribution in [0.2, 0.25) is 0 Å². The quantitative estimate of drug-likeness (QED) is 0.718. The van der Waals surface area contributed by atoms with E-state index in [2.05, 4.69) is 28.8 Å². The van der Waals surface area contributed by atoms with Gasteiger partial charge in [-0.2, -0.15) is 0 Å². The smallest absolute Gasteiger partial charge is 0.337 e. The Hall–Kier alpha value is -3.06. The molecule has 28 heavy (non-hydrogen) atoms. The van der Waals surface area contributed by atoms with Gasteiger partial charge in [-0.25, -0.2) is 9.59 Å². The first-order valence-corrected chi connectivity index (χ1v) is 9.19. The summed E-state index contributed by atoms with van der Waals surface area (Å²) in [5.74, 6) is 0.426. The lowest BCUT2D eigenvalue weighted by Gasteiger charge is -2.25. The first-order chi connectivity index (χ1) is 13.5. The van der Waals surface area contributed by atoms with Crippen LogP contribution >= 0.6 is 0 Å². The number of nitrogens with zero attached hydrogens (tertiary/aromatic N) is 1. The van der Waals surface area contributed by atoms with Crippen molar-refractivity contribution >= 4 is 22.8 Å². The zero-order chi connectivity index (χ0) is 20.1. The molecule has 1 aliphatic heterocycles. The zero-order valence-corrected chi connectivity index (χ0v) is 16.4. The molecule has 0 unspecified atom stereocenters. The number of urea groups is 1. The maximum Gasteiger partial charge on any atom is 0.337 e. The van der Waals surface area contributed by atoms with E-state index in [0.717, 1.165) is 22.1 Å². The van der Waals surface area contributed by atoms with Crippen molar-refractivity contribution in [3.63, 3.8) is 0 Å². The monoisotopic (exact) mass is 383 g/mol. The fraction of sp³-hybridized carbons (Fsp3) is 0.333. The second-order valence-corrected chi connectivity index (χ2v) is 6.70. The Morgan fingerprint density at radius 1 is 1.14 bits per heavy atom. The normalized spacial score (nSPS) is 14.1. The van der Waals surface area contributed by atoms with E-state index in [1.54, 1.807) is 14.0 Å². The summed E-state index contributed by atoms with van der Waals surface area (Å²) in [6.45, 7) is 3.33. The molecule has 2 aromatic rings. The van der Waals surface area contributed by atoms with E-state index in [9.17, 15) is 9.59 Å². The van der Waals surface area contributed by atoms with Gasteiger partial charge in [-0.1, -0.05) is 18.2 Å². The average molecular weight is 383 g/mol. The molecular formula is C21H25N3O4. The van der Waals surface area contributed by atoms with E-state index >= 15 is 0 Å². The Morgan fingerprint density at radius 2 is 1.89 bits per heavy atom. The number of rotatable bonds is 7. The third kappa shape index (κ3) is 4.61. The topological polar surface area (TPSA) is 79.9 Å². The summed E-state index contributed by atoms with van der Waals surface area (Å²) in [6.07, 6.45) is 0. The van der Waals surface area contributed by atoms with E-state index in [0.29, 0.717) is 31.0 Å². The zero-order valence-electron chi connectivity index (χ0n) is 16.4. The van der Waals surface area contributed by atoms with Crippen molar-refractivity contribution in [2.45, 2.75) is 13.5 Å². The third-order valence-corrected chi connectivity index (χ3v) is 4.57. The van der Waals surface area contributed by atoms with Crippen LogP contribution in [0.5, 0.6) is 5.75 Å². The predicted molar refractivity (Wildman–Crippen MR) is 107 cm³/mol. The van der Waals surface area contributed by atoms with Crippen LogP contribution in [0.4, 0.5) is 4.79 Å². The Labute approximate surface area is 164 Å². The number of amides is 2. The first kappa shape index (κ1) is 19.7. The number of likely N-dealkylation sites (N-methyl/N-ethyl adjacent to an activating group) is 1. The molecule has 0 bridgehead atoms. The number of benzene rings is 2. The van der Waals surface area contributed by atoms with Gasteiger partial charge in [-0.15, -0.1) is 0 Å². The maximum atomic E-state index is 12.2. The fourth-order valence-corrected chi connectivity index (χ4v) is 3.22. The molecule has 0 atom stereocenters. The van der Waals surface area contributed by atoms with Crippen LogP contribution in [0.15, 0.2) is 47.7 Å². The van der Waals surface area contributed by atoms with E-state index in [1.807, 2.05) is 30.1 Å². The van der Waals surface area contributed by atoms with Crippen molar-refractivity contribution in [2.24, 2.45) is 0 Å². The molecule has 1 heterocycles. The SMILES string of the molecule is CCOC(=O)C1=C(CN(C)Cc2ccc3cc(OC)ccc3c2)NC(=O)NC1. The van der Waals surface area contributed by atoms with Gasteiger partial charge in [0.2, 0.25) is 0 Å². The van der Waals surface area contributed by atoms with Crippen molar-refractivity contribution in [3.05, 3.63) is 53.2 Å². The Balaban J connectivity index is 1.74. The Kier molecular flexibility index (Phi) is 6.16. The number of nitrogens with one attached hydrogen (secondary N) is 2. The Morgan fingerprint density at radius 3 is 2.64 bits per heavy atom. The molecule has 2 N–H and O–H groups in total. The lowest BCUT2D eigenvalue weighted by molar-refractivity contribution is -0.138. The summed E-state index contributed by atoms with van der Waals surface area (Å²) >= 11 is 0. The molecule has 0 spiro atoms. The summed E-state index contributed by atoms with van der Waals surface area (Å²) in [4.78, 5) is 25.9. The summed E-state index contributed by atoms with van der Waals surface area (Å²) in [7, 11) is 3.60. The minimum Gasteiger partial charge on any atom is -0.497 e. The number of carbonyl (C=O) groups excluding carboxylic acids is 2. The van der Waals surface area contributed by atoms with Crippen molar-refractivity contribution in [3.8, 4) is 5.75 Å². The van der Waals surface area contributed by atoms with Crippen LogP contribution in [0.1, 0.15) is 12.5 Å². The number of fused-ring (bicyclic) bond motifs is 1. The van der Waals surface area contributed by atoms with Gasteiger partial charge in [-0.3, -0.25) is 4.90 Å². The lowest BCUT2D eigenvalue weighted by atomic mass is 10.1. The largest absolute Gasteiger partial charge is 0.497 e. The second-order valence-electron chi connectivity index (χ2n) is 6.70. The first-order valence-electron chi connectivity index (χ1n) is 9.19. The number of esters is 1. The highest BCUT2D eigenvalue weighted by Gasteiger charge is 2.24. The van der Waals surface area contributed by atoms with E-state index in [-0.39, 0.29) is 12.6 Å². The van der Waals surface area contributed by atoms with E-state index in [1.165, 1.54) is 0 Å². The highest BCUT2D eigenvalue weighted by molar-refractivity contribution is 5.93. The molecule has 2 aromatic carbocycles. The van der Waals surface area contributed by atoms with E-state index < -0.39 is 5.97 Å². The number of ether oxygens (including phenoxy) is 2. The van der Waals surface area contributed by atoms with Gasteiger partial charge in [0, 0.05) is 18.8 Å². The highest BCUT2D eigenvalue weighted by Crippen LogP contribution is 2.22. The van der Waals surface area contributed by atoms with Gasteiger partial charge in [0.05, 0.1) is 25.8 Å². The second kappa shape index (κ2) is 8.75. The van der Waals surface area contributed by atoms with Gasteiger partial charge < -0.3 is 20.1 Å². The lowest BCUT2D eigenvalue weighted by Crippen LogP contribution is -2.46. The molecule has 0 saturated heterocycles. The number of carbonyl (C=O) groups is 2. The number of hydrogen-bond donors (Lipinski definition) is 2. The van der Waals surface area contributed by atoms with Gasteiger partial charge in [0.15, 0.2) is 0 Å². The van der Waals surface area contributed by atoms with Crippen LogP contribution in [0.3, 0.4) is 0 Å².